The van der Waals surface area contributed by atoms with Crippen LogP contribution >= 0.6 is 23.4 Å². The Morgan fingerprint density at radius 3 is 2.79 bits per heavy atom. The van der Waals surface area contributed by atoms with Gasteiger partial charge in [0.25, 0.3) is 10.8 Å². The highest BCUT2D eigenvalue weighted by molar-refractivity contribution is 7.98. The van der Waals surface area contributed by atoms with Crippen molar-refractivity contribution in [2.24, 2.45) is 0 Å². The molecule has 28 heavy (non-hydrogen) atoms. The van der Waals surface area contributed by atoms with Gasteiger partial charge in [-0.2, -0.15) is 0 Å². The summed E-state index contributed by atoms with van der Waals surface area (Å²) in [5, 5.41) is 9.48. The zero-order chi connectivity index (χ0) is 19.5. The summed E-state index contributed by atoms with van der Waals surface area (Å²) >= 11 is 7.24. The van der Waals surface area contributed by atoms with Gasteiger partial charge in [-0.3, -0.25) is 4.79 Å². The summed E-state index contributed by atoms with van der Waals surface area (Å²) in [6, 6.07) is 12.7. The van der Waals surface area contributed by atoms with E-state index in [9.17, 15) is 4.79 Å². The van der Waals surface area contributed by atoms with Gasteiger partial charge in [-0.15, -0.1) is 10.2 Å². The Hall–Kier alpha value is -2.84. The van der Waals surface area contributed by atoms with Gasteiger partial charge in [0.1, 0.15) is 11.6 Å². The van der Waals surface area contributed by atoms with Gasteiger partial charge in [-0.25, -0.2) is 4.98 Å². The second-order valence-electron chi connectivity index (χ2n) is 5.95. The molecule has 0 amide bonds. The maximum Gasteiger partial charge on any atom is 0.277 e. The number of methoxy groups -OCH3 is 1. The lowest BCUT2D eigenvalue weighted by atomic mass is 10.1. The third-order valence-electron chi connectivity index (χ3n) is 4.01. The van der Waals surface area contributed by atoms with Crippen LogP contribution in [0.15, 0.2) is 56.9 Å². The van der Waals surface area contributed by atoms with E-state index in [1.165, 1.54) is 11.8 Å². The molecule has 2 aromatic heterocycles. The standard InChI is InChI=1S/C19H15ClN4O3S/c1-26-13-5-2-11(3-6-13)8-17-23-24-19(27-17)28-10-16-21-15-7-4-12(20)9-14(15)18(25)22-16/h2-7,9H,8,10H2,1H3,(H,21,22,25). The molecule has 9 heteroatoms. The van der Waals surface area contributed by atoms with Crippen LogP contribution in [0.5, 0.6) is 5.75 Å². The minimum absolute atomic E-state index is 0.228. The fourth-order valence-electron chi connectivity index (χ4n) is 2.64. The van der Waals surface area contributed by atoms with Crippen LogP contribution in [-0.4, -0.2) is 27.3 Å². The molecule has 0 fully saturated rings. The van der Waals surface area contributed by atoms with Crippen molar-refractivity contribution in [1.29, 1.82) is 0 Å². The number of rotatable bonds is 6. The molecule has 0 saturated heterocycles. The monoisotopic (exact) mass is 414 g/mol. The molecule has 142 valence electrons. The Morgan fingerprint density at radius 2 is 2.00 bits per heavy atom. The molecule has 0 aliphatic carbocycles. The molecule has 2 heterocycles. The van der Waals surface area contributed by atoms with Crippen molar-refractivity contribution >= 4 is 34.3 Å². The lowest BCUT2D eigenvalue weighted by Crippen LogP contribution is -2.11. The maximum absolute atomic E-state index is 12.2. The maximum atomic E-state index is 12.2. The predicted octanol–water partition coefficient (Wildman–Crippen LogP) is 3.85. The fourth-order valence-corrected chi connectivity index (χ4v) is 3.47. The van der Waals surface area contributed by atoms with Crippen molar-refractivity contribution in [1.82, 2.24) is 20.2 Å². The lowest BCUT2D eigenvalue weighted by Gasteiger charge is -2.02. The van der Waals surface area contributed by atoms with E-state index in [0.717, 1.165) is 11.3 Å². The molecule has 0 unspecified atom stereocenters. The van der Waals surface area contributed by atoms with Gasteiger partial charge in [0.2, 0.25) is 5.89 Å². The first-order valence-corrected chi connectivity index (χ1v) is 9.73. The summed E-state index contributed by atoms with van der Waals surface area (Å²) in [4.78, 5) is 19.4. The first-order valence-electron chi connectivity index (χ1n) is 8.37. The Labute approximate surface area is 169 Å². The van der Waals surface area contributed by atoms with Crippen molar-refractivity contribution in [3.05, 3.63) is 75.1 Å². The molecule has 0 saturated carbocycles. The smallest absolute Gasteiger partial charge is 0.277 e. The number of ether oxygens (including phenoxy) is 1. The molecule has 2 aromatic carbocycles. The first kappa shape index (κ1) is 18.5. The third kappa shape index (κ3) is 4.18. The zero-order valence-corrected chi connectivity index (χ0v) is 16.4. The van der Waals surface area contributed by atoms with E-state index < -0.39 is 0 Å². The Kier molecular flexibility index (Phi) is 5.31. The van der Waals surface area contributed by atoms with Gasteiger partial charge in [-0.05, 0) is 35.9 Å². The minimum atomic E-state index is -0.228. The van der Waals surface area contributed by atoms with Crippen molar-refractivity contribution in [2.75, 3.05) is 7.11 Å². The van der Waals surface area contributed by atoms with Crippen LogP contribution in [0.4, 0.5) is 0 Å². The summed E-state index contributed by atoms with van der Waals surface area (Å²) in [6.07, 6.45) is 0.531. The van der Waals surface area contributed by atoms with Gasteiger partial charge in [0.15, 0.2) is 0 Å². The van der Waals surface area contributed by atoms with Crippen LogP contribution in [0.2, 0.25) is 5.02 Å². The second kappa shape index (κ2) is 8.04. The van der Waals surface area contributed by atoms with Gasteiger partial charge < -0.3 is 14.1 Å². The Bertz CT molecular complexity index is 1170. The number of aromatic amines is 1. The summed E-state index contributed by atoms with van der Waals surface area (Å²) in [5.41, 5.74) is 1.41. The number of nitrogens with zero attached hydrogens (tertiary/aromatic N) is 3. The van der Waals surface area contributed by atoms with E-state index in [0.29, 0.717) is 45.0 Å². The highest BCUT2D eigenvalue weighted by atomic mass is 35.5. The normalized spacial score (nSPS) is 11.1. The molecule has 0 aliphatic heterocycles. The number of halogens is 1. The molecule has 4 rings (SSSR count). The average molecular weight is 415 g/mol. The zero-order valence-electron chi connectivity index (χ0n) is 14.8. The number of fused-ring (bicyclic) bond motifs is 1. The molecule has 0 bridgehead atoms. The first-order chi connectivity index (χ1) is 13.6. The fraction of sp³-hybridized carbons (Fsp3) is 0.158. The number of aromatic nitrogens is 4. The lowest BCUT2D eigenvalue weighted by molar-refractivity contribution is 0.413. The van der Waals surface area contributed by atoms with Gasteiger partial charge in [0, 0.05) is 5.02 Å². The number of nitrogens with one attached hydrogen (secondary N) is 1. The quantitative estimate of drug-likeness (QED) is 0.479. The Balaban J connectivity index is 1.43. The number of thioether (sulfide) groups is 1. The topological polar surface area (TPSA) is 93.9 Å². The van der Waals surface area contributed by atoms with Crippen LogP contribution in [0.25, 0.3) is 10.9 Å². The van der Waals surface area contributed by atoms with E-state index in [1.807, 2.05) is 24.3 Å². The van der Waals surface area contributed by atoms with Crippen molar-refractivity contribution < 1.29 is 9.15 Å². The predicted molar refractivity (Wildman–Crippen MR) is 107 cm³/mol. The van der Waals surface area contributed by atoms with Crippen LogP contribution in [-0.2, 0) is 12.2 Å². The van der Waals surface area contributed by atoms with Crippen molar-refractivity contribution in [3.63, 3.8) is 0 Å². The van der Waals surface area contributed by atoms with Gasteiger partial charge in [0.05, 0.1) is 30.2 Å². The van der Waals surface area contributed by atoms with E-state index in [-0.39, 0.29) is 5.56 Å². The SMILES string of the molecule is COc1ccc(Cc2nnc(SCc3nc4ccc(Cl)cc4c(=O)[nH]3)o2)cc1. The van der Waals surface area contributed by atoms with Crippen molar-refractivity contribution in [2.45, 2.75) is 17.4 Å². The third-order valence-corrected chi connectivity index (χ3v) is 5.08. The largest absolute Gasteiger partial charge is 0.497 e. The number of H-pyrrole nitrogens is 1. The molecule has 0 spiro atoms. The van der Waals surface area contributed by atoms with Crippen LogP contribution in [0.1, 0.15) is 17.3 Å². The van der Waals surface area contributed by atoms with Crippen LogP contribution < -0.4 is 10.3 Å². The summed E-state index contributed by atoms with van der Waals surface area (Å²) in [7, 11) is 1.63. The average Bonchev–Trinajstić information content (AvgIpc) is 3.15. The van der Waals surface area contributed by atoms with Crippen LogP contribution in [0, 0.1) is 0 Å². The van der Waals surface area contributed by atoms with E-state index in [2.05, 4.69) is 20.2 Å². The number of benzene rings is 2. The summed E-state index contributed by atoms with van der Waals surface area (Å²) in [5.74, 6) is 2.24. The van der Waals surface area contributed by atoms with E-state index >= 15 is 0 Å². The van der Waals surface area contributed by atoms with E-state index in [4.69, 9.17) is 20.8 Å². The Morgan fingerprint density at radius 1 is 1.18 bits per heavy atom. The minimum Gasteiger partial charge on any atom is -0.497 e. The highest BCUT2D eigenvalue weighted by Gasteiger charge is 2.10. The molecule has 4 aromatic rings. The van der Waals surface area contributed by atoms with Gasteiger partial charge in [-0.1, -0.05) is 35.5 Å². The molecule has 1 N–H and O–H groups in total. The molecule has 0 radical (unpaired) electrons. The molecule has 0 atom stereocenters. The molecular weight excluding hydrogens is 400 g/mol. The van der Waals surface area contributed by atoms with Gasteiger partial charge >= 0.3 is 0 Å². The van der Waals surface area contributed by atoms with E-state index in [1.54, 1.807) is 25.3 Å². The van der Waals surface area contributed by atoms with Crippen molar-refractivity contribution in [3.8, 4) is 5.75 Å². The number of hydrogen-bond acceptors (Lipinski definition) is 7. The summed E-state index contributed by atoms with van der Waals surface area (Å²) in [6.45, 7) is 0. The van der Waals surface area contributed by atoms with Crippen LogP contribution in [0.3, 0.4) is 0 Å². The number of hydrogen-bond donors (Lipinski definition) is 1. The molecular formula is C19H15ClN4O3S. The molecule has 0 aliphatic rings. The summed E-state index contributed by atoms with van der Waals surface area (Å²) < 4.78 is 10.8. The highest BCUT2D eigenvalue weighted by Crippen LogP contribution is 2.22. The second-order valence-corrected chi connectivity index (χ2v) is 7.31. The molecule has 7 nitrogen and oxygen atoms in total.